The predicted molar refractivity (Wildman–Crippen MR) is 111 cm³/mol. The van der Waals surface area contributed by atoms with E-state index in [1.807, 2.05) is 0 Å². The summed E-state index contributed by atoms with van der Waals surface area (Å²) in [5.41, 5.74) is -0.782. The summed E-state index contributed by atoms with van der Waals surface area (Å²) >= 11 is 1.04. The smallest absolute Gasteiger partial charge is 0.289 e. The van der Waals surface area contributed by atoms with E-state index < -0.39 is 28.6 Å². The quantitative estimate of drug-likeness (QED) is 0.640. The molecule has 152 valence electrons. The van der Waals surface area contributed by atoms with Gasteiger partial charge >= 0.3 is 5.69 Å². The monoisotopic (exact) mass is 425 g/mol. The van der Waals surface area contributed by atoms with Crippen LogP contribution in [0.1, 0.15) is 33.3 Å². The molecule has 4 rings (SSSR count). The minimum absolute atomic E-state index is 0.0264. The van der Waals surface area contributed by atoms with Crippen molar-refractivity contribution in [2.45, 2.75) is 18.2 Å². The fourth-order valence-electron chi connectivity index (χ4n) is 3.47. The van der Waals surface area contributed by atoms with E-state index in [4.69, 9.17) is 0 Å². The number of aromatic nitrogens is 3. The zero-order chi connectivity index (χ0) is 21.7. The average molecular weight is 425 g/mol. The number of hydrogen-bond acceptors (Lipinski definition) is 6. The summed E-state index contributed by atoms with van der Waals surface area (Å²) in [4.78, 5) is 56.6. The number of nitrogens with zero attached hydrogens (tertiary/aromatic N) is 3. The highest BCUT2D eigenvalue weighted by Crippen LogP contribution is 2.36. The number of ketones is 2. The molecule has 1 aliphatic carbocycles. The minimum Gasteiger partial charge on any atom is -0.289 e. The lowest BCUT2D eigenvalue weighted by atomic mass is 9.90. The van der Waals surface area contributed by atoms with Gasteiger partial charge in [0.05, 0.1) is 27.1 Å². The number of aryl methyl sites for hydroxylation is 2. The van der Waals surface area contributed by atoms with E-state index in [-0.39, 0.29) is 27.1 Å². The van der Waals surface area contributed by atoms with Crippen LogP contribution in [0.25, 0.3) is 11.0 Å². The summed E-state index contributed by atoms with van der Waals surface area (Å²) in [5.74, 6) is -1.34. The molecule has 7 nitrogen and oxygen atoms in total. The van der Waals surface area contributed by atoms with Crippen LogP contribution in [0.2, 0.25) is 0 Å². The van der Waals surface area contributed by atoms with E-state index in [0.29, 0.717) is 17.0 Å². The van der Waals surface area contributed by atoms with E-state index >= 15 is 0 Å². The second-order valence-electron chi connectivity index (χ2n) is 6.82. The van der Waals surface area contributed by atoms with Crippen LogP contribution in [-0.2, 0) is 20.5 Å². The Hall–Kier alpha value is -3.33. The van der Waals surface area contributed by atoms with Gasteiger partial charge in [-0.05, 0) is 30.7 Å². The first-order chi connectivity index (χ1) is 14.2. The van der Waals surface area contributed by atoms with E-state index in [2.05, 4.69) is 4.98 Å². The maximum atomic E-state index is 13.3. The zero-order valence-corrected chi connectivity index (χ0v) is 17.2. The third kappa shape index (κ3) is 2.93. The molecule has 0 radical (unpaired) electrons. The van der Waals surface area contributed by atoms with E-state index in [1.54, 1.807) is 6.92 Å². The Balaban J connectivity index is 1.99. The maximum Gasteiger partial charge on any atom is 0.332 e. The number of hydrogen-bond donors (Lipinski definition) is 0. The molecule has 30 heavy (non-hydrogen) atoms. The number of rotatable bonds is 3. The van der Waals surface area contributed by atoms with Gasteiger partial charge in [-0.15, -0.1) is 0 Å². The van der Waals surface area contributed by atoms with Crippen molar-refractivity contribution in [3.63, 3.8) is 0 Å². The lowest BCUT2D eigenvalue weighted by Crippen LogP contribution is -2.39. The Morgan fingerprint density at radius 1 is 1.00 bits per heavy atom. The lowest BCUT2D eigenvalue weighted by Gasteiger charge is -2.20. The van der Waals surface area contributed by atoms with Crippen molar-refractivity contribution in [1.82, 2.24) is 14.1 Å². The van der Waals surface area contributed by atoms with Crippen molar-refractivity contribution in [3.05, 3.63) is 78.7 Å². The molecule has 1 aliphatic rings. The van der Waals surface area contributed by atoms with Gasteiger partial charge in [-0.25, -0.2) is 14.2 Å². The van der Waals surface area contributed by atoms with Crippen LogP contribution < -0.4 is 11.2 Å². The van der Waals surface area contributed by atoms with E-state index in [9.17, 15) is 23.6 Å². The predicted octanol–water partition coefficient (Wildman–Crippen LogP) is 2.39. The molecular weight excluding hydrogens is 409 g/mol. The SMILES string of the molecule is CCc1nc2c(c3c1C(=O)C(Sc1ccc(F)cc1)=CC3=O)c(=O)n(C)c(=O)n2C. The van der Waals surface area contributed by atoms with Crippen LogP contribution in [0.5, 0.6) is 0 Å². The van der Waals surface area contributed by atoms with Crippen molar-refractivity contribution >= 4 is 34.4 Å². The Morgan fingerprint density at radius 3 is 2.30 bits per heavy atom. The standard InChI is InChI=1S/C21H16FN3O4S/c1-4-12-15-16(17-19(23-12)24(2)21(29)25(3)20(17)28)13(26)9-14(18(15)27)30-11-7-5-10(22)6-8-11/h5-9H,4H2,1-3H3. The summed E-state index contributed by atoms with van der Waals surface area (Å²) in [6.45, 7) is 1.77. The van der Waals surface area contributed by atoms with Crippen molar-refractivity contribution in [2.24, 2.45) is 14.1 Å². The van der Waals surface area contributed by atoms with Gasteiger partial charge in [0.25, 0.3) is 5.56 Å². The molecule has 0 aliphatic heterocycles. The molecule has 0 saturated heterocycles. The highest BCUT2D eigenvalue weighted by atomic mass is 32.2. The molecule has 0 spiro atoms. The molecule has 0 atom stereocenters. The Morgan fingerprint density at radius 2 is 1.67 bits per heavy atom. The van der Waals surface area contributed by atoms with Gasteiger partial charge in [0.1, 0.15) is 11.5 Å². The Kier molecular flexibility index (Phi) is 4.77. The number of carbonyl (C=O) groups excluding carboxylic acids is 2. The number of fused-ring (bicyclic) bond motifs is 3. The molecule has 0 bridgehead atoms. The molecule has 3 aromatic rings. The topological polar surface area (TPSA) is 91.0 Å². The fourth-order valence-corrected chi connectivity index (χ4v) is 4.36. The molecule has 2 heterocycles. The van der Waals surface area contributed by atoms with Gasteiger partial charge in [-0.3, -0.25) is 23.5 Å². The molecule has 0 fully saturated rings. The second-order valence-corrected chi connectivity index (χ2v) is 7.94. The summed E-state index contributed by atoms with van der Waals surface area (Å²) in [6.07, 6.45) is 1.51. The van der Waals surface area contributed by atoms with Crippen molar-refractivity contribution in [3.8, 4) is 0 Å². The van der Waals surface area contributed by atoms with Crippen LogP contribution in [0.3, 0.4) is 0 Å². The first kappa shape index (κ1) is 20.0. The number of halogens is 1. The Bertz CT molecular complexity index is 1400. The molecule has 2 aromatic heterocycles. The molecule has 0 saturated carbocycles. The summed E-state index contributed by atoms with van der Waals surface area (Å²) in [7, 11) is 2.77. The number of thioether (sulfide) groups is 1. The highest BCUT2D eigenvalue weighted by molar-refractivity contribution is 8.04. The molecule has 0 unspecified atom stereocenters. The van der Waals surface area contributed by atoms with Gasteiger partial charge in [-0.2, -0.15) is 0 Å². The van der Waals surface area contributed by atoms with Gasteiger partial charge < -0.3 is 0 Å². The molecule has 0 amide bonds. The zero-order valence-electron chi connectivity index (χ0n) is 16.4. The first-order valence-electron chi connectivity index (χ1n) is 9.11. The van der Waals surface area contributed by atoms with Crippen molar-refractivity contribution in [2.75, 3.05) is 0 Å². The Labute approximate surface area is 173 Å². The minimum atomic E-state index is -0.677. The van der Waals surface area contributed by atoms with E-state index in [0.717, 1.165) is 16.3 Å². The second kappa shape index (κ2) is 7.17. The summed E-state index contributed by atoms with van der Waals surface area (Å²) < 4.78 is 15.3. The van der Waals surface area contributed by atoms with Gasteiger partial charge in [0.15, 0.2) is 5.78 Å². The molecular formula is C21H16FN3O4S. The number of Topliss-reactive ketones (excluding diaryl/α,β-unsaturated/α-hetero) is 1. The highest BCUT2D eigenvalue weighted by Gasteiger charge is 2.33. The lowest BCUT2D eigenvalue weighted by molar-refractivity contribution is 0.0991. The molecule has 1 aromatic carbocycles. The number of pyridine rings is 1. The van der Waals surface area contributed by atoms with E-state index in [1.165, 1.54) is 49.0 Å². The maximum absolute atomic E-state index is 13.3. The van der Waals surface area contributed by atoms with Crippen LogP contribution in [0.15, 0.2) is 49.7 Å². The fraction of sp³-hybridized carbons (Fsp3) is 0.190. The van der Waals surface area contributed by atoms with Crippen molar-refractivity contribution < 1.29 is 14.0 Å². The van der Waals surface area contributed by atoms with Crippen LogP contribution in [0.4, 0.5) is 4.39 Å². The van der Waals surface area contributed by atoms with Gasteiger partial charge in [0.2, 0.25) is 5.78 Å². The van der Waals surface area contributed by atoms with Crippen LogP contribution in [0, 0.1) is 5.82 Å². The number of carbonyl (C=O) groups is 2. The van der Waals surface area contributed by atoms with Gasteiger partial charge in [-0.1, -0.05) is 18.7 Å². The van der Waals surface area contributed by atoms with Crippen LogP contribution >= 0.6 is 11.8 Å². The first-order valence-corrected chi connectivity index (χ1v) is 9.93. The third-order valence-corrected chi connectivity index (χ3v) is 6.03. The number of benzene rings is 1. The summed E-state index contributed by atoms with van der Waals surface area (Å²) in [6, 6.07) is 5.56. The van der Waals surface area contributed by atoms with Gasteiger partial charge in [0, 0.05) is 25.1 Å². The normalized spacial score (nSPS) is 13.5. The molecule has 9 heteroatoms. The van der Waals surface area contributed by atoms with Crippen LogP contribution in [-0.4, -0.2) is 25.7 Å². The van der Waals surface area contributed by atoms with Crippen molar-refractivity contribution in [1.29, 1.82) is 0 Å². The number of allylic oxidation sites excluding steroid dienone is 2. The third-order valence-electron chi connectivity index (χ3n) is 5.00. The molecule has 0 N–H and O–H groups in total. The average Bonchev–Trinajstić information content (AvgIpc) is 2.74. The largest absolute Gasteiger partial charge is 0.332 e. The summed E-state index contributed by atoms with van der Waals surface area (Å²) in [5, 5.41) is -0.0489.